The van der Waals surface area contributed by atoms with Gasteiger partial charge in [-0.1, -0.05) is 12.1 Å². The van der Waals surface area contributed by atoms with Crippen molar-refractivity contribution >= 4 is 23.6 Å². The van der Waals surface area contributed by atoms with Gasteiger partial charge in [0.2, 0.25) is 11.8 Å². The van der Waals surface area contributed by atoms with Crippen LogP contribution in [0.1, 0.15) is 18.4 Å². The van der Waals surface area contributed by atoms with Gasteiger partial charge in [0.1, 0.15) is 0 Å². The Labute approximate surface area is 148 Å². The molecular weight excluding hydrogens is 318 g/mol. The number of ether oxygens (including phenoxy) is 1. The highest BCUT2D eigenvalue weighted by molar-refractivity contribution is 5.95. The number of rotatable bonds is 6. The van der Waals surface area contributed by atoms with E-state index in [0.717, 1.165) is 57.1 Å². The fraction of sp³-hybridized carbons (Fsp3) is 0.474. The average molecular weight is 343 g/mol. The van der Waals surface area contributed by atoms with Crippen LogP contribution in [0.5, 0.6) is 0 Å². The molecule has 6 nitrogen and oxygen atoms in total. The third kappa shape index (κ3) is 5.14. The van der Waals surface area contributed by atoms with Gasteiger partial charge >= 0.3 is 0 Å². The number of anilines is 1. The molecule has 0 spiro atoms. The lowest BCUT2D eigenvalue weighted by molar-refractivity contribution is -0.117. The summed E-state index contributed by atoms with van der Waals surface area (Å²) in [5.74, 6) is 0.0926. The number of carbonyl (C=O) groups is 2. The van der Waals surface area contributed by atoms with Crippen molar-refractivity contribution in [2.75, 3.05) is 50.8 Å². The second kappa shape index (κ2) is 8.78. The molecule has 2 saturated heterocycles. The number of benzene rings is 1. The topological polar surface area (TPSA) is 61.9 Å². The summed E-state index contributed by atoms with van der Waals surface area (Å²) in [4.78, 5) is 27.7. The van der Waals surface area contributed by atoms with Crippen molar-refractivity contribution in [3.8, 4) is 0 Å². The Morgan fingerprint density at radius 1 is 1.16 bits per heavy atom. The molecule has 2 aliphatic heterocycles. The van der Waals surface area contributed by atoms with Crippen LogP contribution in [0.2, 0.25) is 0 Å². The Kier molecular flexibility index (Phi) is 6.19. The zero-order chi connectivity index (χ0) is 17.5. The molecule has 1 aromatic carbocycles. The highest BCUT2D eigenvalue weighted by Crippen LogP contribution is 2.21. The maximum atomic E-state index is 11.9. The number of nitrogens with one attached hydrogen (secondary N) is 1. The van der Waals surface area contributed by atoms with E-state index in [1.807, 2.05) is 29.2 Å². The molecule has 6 heteroatoms. The SMILES string of the molecule is O=C(/C=C/c1ccc(N2CCCC2=O)cc1)NCCN1CCOCC1. The van der Waals surface area contributed by atoms with E-state index < -0.39 is 0 Å². The molecule has 0 unspecified atom stereocenters. The quantitative estimate of drug-likeness (QED) is 0.791. The van der Waals surface area contributed by atoms with E-state index >= 15 is 0 Å². The van der Waals surface area contributed by atoms with E-state index in [0.29, 0.717) is 13.0 Å². The van der Waals surface area contributed by atoms with Crippen LogP contribution in [0.3, 0.4) is 0 Å². The summed E-state index contributed by atoms with van der Waals surface area (Å²) in [6.45, 7) is 5.68. The van der Waals surface area contributed by atoms with E-state index in [1.165, 1.54) is 0 Å². The van der Waals surface area contributed by atoms with Crippen LogP contribution in [0.25, 0.3) is 6.08 Å². The molecule has 3 rings (SSSR count). The molecule has 0 aromatic heterocycles. The smallest absolute Gasteiger partial charge is 0.244 e. The van der Waals surface area contributed by atoms with Gasteiger partial charge in [0.15, 0.2) is 0 Å². The molecule has 0 atom stereocenters. The fourth-order valence-corrected chi connectivity index (χ4v) is 3.08. The van der Waals surface area contributed by atoms with Gasteiger partial charge < -0.3 is 15.0 Å². The minimum absolute atomic E-state index is 0.0907. The molecule has 134 valence electrons. The second-order valence-electron chi connectivity index (χ2n) is 6.32. The number of nitrogens with zero attached hydrogens (tertiary/aromatic N) is 2. The maximum Gasteiger partial charge on any atom is 0.244 e. The van der Waals surface area contributed by atoms with Crippen molar-refractivity contribution in [3.05, 3.63) is 35.9 Å². The predicted molar refractivity (Wildman–Crippen MR) is 97.3 cm³/mol. The van der Waals surface area contributed by atoms with Crippen molar-refractivity contribution in [1.29, 1.82) is 0 Å². The van der Waals surface area contributed by atoms with Crippen LogP contribution in [0.4, 0.5) is 5.69 Å². The van der Waals surface area contributed by atoms with Crippen LogP contribution in [0, 0.1) is 0 Å². The van der Waals surface area contributed by atoms with Crippen LogP contribution >= 0.6 is 0 Å². The normalized spacial score (nSPS) is 18.9. The van der Waals surface area contributed by atoms with Crippen LogP contribution in [-0.2, 0) is 14.3 Å². The van der Waals surface area contributed by atoms with Gasteiger partial charge in [-0.3, -0.25) is 14.5 Å². The Morgan fingerprint density at radius 3 is 2.60 bits per heavy atom. The first kappa shape index (κ1) is 17.6. The third-order valence-electron chi connectivity index (χ3n) is 4.54. The van der Waals surface area contributed by atoms with E-state index in [9.17, 15) is 9.59 Å². The first-order chi connectivity index (χ1) is 12.2. The van der Waals surface area contributed by atoms with Gasteiger partial charge in [-0.15, -0.1) is 0 Å². The summed E-state index contributed by atoms with van der Waals surface area (Å²) in [5.41, 5.74) is 1.87. The van der Waals surface area contributed by atoms with Gasteiger partial charge in [0.05, 0.1) is 13.2 Å². The predicted octanol–water partition coefficient (Wildman–Crippen LogP) is 1.27. The van der Waals surface area contributed by atoms with Crippen LogP contribution in [0.15, 0.2) is 30.3 Å². The Balaban J connectivity index is 1.43. The number of hydrogen-bond acceptors (Lipinski definition) is 4. The average Bonchev–Trinajstić information content (AvgIpc) is 3.07. The molecule has 0 radical (unpaired) electrons. The summed E-state index contributed by atoms with van der Waals surface area (Å²) in [6.07, 6.45) is 4.90. The molecule has 2 amide bonds. The van der Waals surface area contributed by atoms with Crippen molar-refractivity contribution in [1.82, 2.24) is 10.2 Å². The first-order valence-corrected chi connectivity index (χ1v) is 8.89. The van der Waals surface area contributed by atoms with Crippen molar-refractivity contribution in [2.45, 2.75) is 12.8 Å². The Morgan fingerprint density at radius 2 is 1.92 bits per heavy atom. The van der Waals surface area contributed by atoms with E-state index in [4.69, 9.17) is 4.74 Å². The number of carbonyl (C=O) groups excluding carboxylic acids is 2. The van der Waals surface area contributed by atoms with Gasteiger partial charge in [-0.05, 0) is 30.2 Å². The molecular formula is C19H25N3O3. The van der Waals surface area contributed by atoms with E-state index in [2.05, 4.69) is 10.2 Å². The zero-order valence-electron chi connectivity index (χ0n) is 14.4. The molecule has 0 aliphatic carbocycles. The van der Waals surface area contributed by atoms with Gasteiger partial charge in [0, 0.05) is 50.9 Å². The highest BCUT2D eigenvalue weighted by atomic mass is 16.5. The lowest BCUT2D eigenvalue weighted by Crippen LogP contribution is -2.41. The number of amides is 2. The van der Waals surface area contributed by atoms with E-state index in [1.54, 1.807) is 12.2 Å². The molecule has 2 heterocycles. The summed E-state index contributed by atoms with van der Waals surface area (Å²) in [5, 5.41) is 2.90. The van der Waals surface area contributed by atoms with E-state index in [-0.39, 0.29) is 11.8 Å². The maximum absolute atomic E-state index is 11.9. The summed E-state index contributed by atoms with van der Waals surface area (Å²) in [6, 6.07) is 7.72. The lowest BCUT2D eigenvalue weighted by Gasteiger charge is -2.26. The summed E-state index contributed by atoms with van der Waals surface area (Å²) >= 11 is 0. The van der Waals surface area contributed by atoms with Crippen LogP contribution < -0.4 is 10.2 Å². The Hall–Kier alpha value is -2.18. The third-order valence-corrected chi connectivity index (χ3v) is 4.54. The largest absolute Gasteiger partial charge is 0.379 e. The second-order valence-corrected chi connectivity index (χ2v) is 6.32. The fourth-order valence-electron chi connectivity index (χ4n) is 3.08. The van der Waals surface area contributed by atoms with Gasteiger partial charge in [-0.2, -0.15) is 0 Å². The standard InChI is InChI=1S/C19H25N3O3/c23-18(20-9-11-21-12-14-25-15-13-21)8-5-16-3-6-17(7-4-16)22-10-1-2-19(22)24/h3-8H,1-2,9-15H2,(H,20,23)/b8-5+. The number of hydrogen-bond donors (Lipinski definition) is 1. The molecule has 0 saturated carbocycles. The minimum atomic E-state index is -0.0907. The molecule has 25 heavy (non-hydrogen) atoms. The lowest BCUT2D eigenvalue weighted by atomic mass is 10.2. The monoisotopic (exact) mass is 343 g/mol. The van der Waals surface area contributed by atoms with Crippen molar-refractivity contribution < 1.29 is 14.3 Å². The van der Waals surface area contributed by atoms with Crippen LogP contribution in [-0.4, -0.2) is 62.7 Å². The highest BCUT2D eigenvalue weighted by Gasteiger charge is 2.21. The summed E-state index contributed by atoms with van der Waals surface area (Å²) < 4.78 is 5.30. The molecule has 0 bridgehead atoms. The number of morpholine rings is 1. The molecule has 1 N–H and O–H groups in total. The first-order valence-electron chi connectivity index (χ1n) is 8.89. The molecule has 2 fully saturated rings. The minimum Gasteiger partial charge on any atom is -0.379 e. The molecule has 2 aliphatic rings. The zero-order valence-corrected chi connectivity index (χ0v) is 14.4. The van der Waals surface area contributed by atoms with Gasteiger partial charge in [0.25, 0.3) is 0 Å². The Bertz CT molecular complexity index is 621. The summed E-state index contributed by atoms with van der Waals surface area (Å²) in [7, 11) is 0. The van der Waals surface area contributed by atoms with Crippen molar-refractivity contribution in [3.63, 3.8) is 0 Å². The van der Waals surface area contributed by atoms with Gasteiger partial charge in [-0.25, -0.2) is 0 Å². The molecule has 1 aromatic rings. The van der Waals surface area contributed by atoms with Crippen molar-refractivity contribution in [2.24, 2.45) is 0 Å².